The Morgan fingerprint density at radius 1 is 0.935 bits per heavy atom. The molecule has 2 amide bonds. The van der Waals surface area contributed by atoms with Crippen LogP contribution in [0.1, 0.15) is 53.5 Å². The number of rotatable bonds is 8. The Kier molecular flexibility index (Phi) is 9.77. The normalized spacial score (nSPS) is 13.5. The molecule has 1 aromatic carbocycles. The van der Waals surface area contributed by atoms with Gasteiger partial charge in [0.25, 0.3) is 0 Å². The van der Waals surface area contributed by atoms with Gasteiger partial charge in [-0.1, -0.05) is 30.3 Å². The first-order chi connectivity index (χ1) is 14.2. The van der Waals surface area contributed by atoms with Gasteiger partial charge in [0, 0.05) is 13.0 Å². The van der Waals surface area contributed by atoms with Crippen molar-refractivity contribution >= 4 is 18.2 Å². The fourth-order valence-corrected chi connectivity index (χ4v) is 2.37. The molecule has 0 bridgehead atoms. The van der Waals surface area contributed by atoms with E-state index in [1.54, 1.807) is 41.5 Å². The largest absolute Gasteiger partial charge is 0.458 e. The van der Waals surface area contributed by atoms with E-state index in [0.29, 0.717) is 0 Å². The number of aliphatic hydroxyl groups excluding tert-OH is 1. The molecule has 0 spiro atoms. The fraction of sp³-hybridized carbons (Fsp3) is 0.591. The van der Waals surface area contributed by atoms with E-state index in [4.69, 9.17) is 14.2 Å². The van der Waals surface area contributed by atoms with Crippen LogP contribution in [0.15, 0.2) is 30.3 Å². The van der Waals surface area contributed by atoms with Gasteiger partial charge < -0.3 is 30.0 Å². The van der Waals surface area contributed by atoms with Crippen LogP contribution >= 0.6 is 0 Å². The molecule has 0 aromatic heterocycles. The Morgan fingerprint density at radius 2 is 1.52 bits per heavy atom. The Bertz CT molecular complexity index is 724. The van der Waals surface area contributed by atoms with Crippen LogP contribution in [0, 0.1) is 0 Å². The molecule has 0 aliphatic heterocycles. The molecule has 2 unspecified atom stereocenters. The maximum absolute atomic E-state index is 12.5. The van der Waals surface area contributed by atoms with Crippen molar-refractivity contribution in [3.8, 4) is 0 Å². The lowest BCUT2D eigenvalue weighted by Gasteiger charge is -2.27. The van der Waals surface area contributed by atoms with Crippen LogP contribution in [0.25, 0.3) is 0 Å². The molecule has 9 heteroatoms. The molecule has 0 saturated carbocycles. The van der Waals surface area contributed by atoms with E-state index < -0.39 is 41.5 Å². The van der Waals surface area contributed by atoms with Crippen LogP contribution in [-0.4, -0.2) is 53.2 Å². The number of ether oxygens (including phenoxy) is 3. The number of alkyl carbamates (subject to hydrolysis) is 2. The van der Waals surface area contributed by atoms with Gasteiger partial charge in [0.15, 0.2) is 0 Å². The predicted molar refractivity (Wildman–Crippen MR) is 114 cm³/mol. The Hall–Kier alpha value is -2.81. The van der Waals surface area contributed by atoms with Crippen molar-refractivity contribution in [1.82, 2.24) is 10.6 Å². The lowest BCUT2D eigenvalue weighted by Crippen LogP contribution is -2.48. The van der Waals surface area contributed by atoms with E-state index >= 15 is 0 Å². The third-order valence-electron chi connectivity index (χ3n) is 3.58. The summed E-state index contributed by atoms with van der Waals surface area (Å²) in [7, 11) is 0. The van der Waals surface area contributed by atoms with Crippen molar-refractivity contribution < 1.29 is 33.7 Å². The van der Waals surface area contributed by atoms with E-state index in [0.717, 1.165) is 5.56 Å². The summed E-state index contributed by atoms with van der Waals surface area (Å²) in [6.45, 7) is 10.0. The average molecular weight is 439 g/mol. The zero-order valence-electron chi connectivity index (χ0n) is 19.1. The van der Waals surface area contributed by atoms with Crippen molar-refractivity contribution in [2.75, 3.05) is 6.54 Å². The second-order valence-corrected chi connectivity index (χ2v) is 9.06. The average Bonchev–Trinajstić information content (AvgIpc) is 2.62. The van der Waals surface area contributed by atoms with E-state index in [1.165, 1.54) is 0 Å². The van der Waals surface area contributed by atoms with Crippen LogP contribution in [0.3, 0.4) is 0 Å². The molecule has 0 radical (unpaired) electrons. The predicted octanol–water partition coefficient (Wildman–Crippen LogP) is 2.90. The number of esters is 1. The maximum atomic E-state index is 12.5. The number of benzene rings is 1. The number of hydrogen-bond donors (Lipinski definition) is 3. The van der Waals surface area contributed by atoms with Crippen LogP contribution < -0.4 is 10.6 Å². The van der Waals surface area contributed by atoms with Crippen LogP contribution in [0.5, 0.6) is 0 Å². The van der Waals surface area contributed by atoms with Crippen LogP contribution in [-0.2, 0) is 25.6 Å². The van der Waals surface area contributed by atoms with Crippen molar-refractivity contribution in [2.24, 2.45) is 0 Å². The van der Waals surface area contributed by atoms with Gasteiger partial charge in [0.1, 0.15) is 23.9 Å². The molecule has 174 valence electrons. The first kappa shape index (κ1) is 26.2. The first-order valence-electron chi connectivity index (χ1n) is 10.1. The number of nitrogens with one attached hydrogen (secondary N) is 2. The number of aliphatic hydroxyl groups is 1. The standard InChI is InChI=1S/C22H34N2O7/c1-21(2,3)30-18(26)17(24-20(28)31-22(4,5)6)12-16(25)13-23-19(27)29-14-15-10-8-7-9-11-15/h7-11,16-17,25H,12-14H2,1-6H3,(H,23,27)(H,24,28). The Morgan fingerprint density at radius 3 is 2.06 bits per heavy atom. The fourth-order valence-electron chi connectivity index (χ4n) is 2.37. The summed E-state index contributed by atoms with van der Waals surface area (Å²) in [4.78, 5) is 36.4. The number of carbonyl (C=O) groups excluding carboxylic acids is 3. The van der Waals surface area contributed by atoms with Gasteiger partial charge in [-0.2, -0.15) is 0 Å². The number of hydrogen-bond acceptors (Lipinski definition) is 7. The molecule has 9 nitrogen and oxygen atoms in total. The highest BCUT2D eigenvalue weighted by molar-refractivity contribution is 5.81. The zero-order chi connectivity index (χ0) is 23.7. The van der Waals surface area contributed by atoms with Gasteiger partial charge in [0.05, 0.1) is 6.10 Å². The van der Waals surface area contributed by atoms with Crippen LogP contribution in [0.4, 0.5) is 9.59 Å². The molecule has 0 fully saturated rings. The van der Waals surface area contributed by atoms with Gasteiger partial charge in [-0.25, -0.2) is 14.4 Å². The smallest absolute Gasteiger partial charge is 0.408 e. The summed E-state index contributed by atoms with van der Waals surface area (Å²) >= 11 is 0. The number of amides is 2. The van der Waals surface area contributed by atoms with Gasteiger partial charge in [-0.15, -0.1) is 0 Å². The summed E-state index contributed by atoms with van der Waals surface area (Å²) in [5.41, 5.74) is -0.717. The second-order valence-electron chi connectivity index (χ2n) is 9.06. The summed E-state index contributed by atoms with van der Waals surface area (Å²) in [5, 5.41) is 15.1. The van der Waals surface area contributed by atoms with E-state index in [-0.39, 0.29) is 19.6 Å². The molecule has 2 atom stereocenters. The lowest BCUT2D eigenvalue weighted by molar-refractivity contribution is -0.158. The molecule has 0 heterocycles. The van der Waals surface area contributed by atoms with Crippen molar-refractivity contribution in [3.63, 3.8) is 0 Å². The van der Waals surface area contributed by atoms with Crippen molar-refractivity contribution in [1.29, 1.82) is 0 Å². The van der Waals surface area contributed by atoms with E-state index in [9.17, 15) is 19.5 Å². The quantitative estimate of drug-likeness (QED) is 0.421. The third kappa shape index (κ3) is 12.5. The minimum absolute atomic E-state index is 0.0868. The summed E-state index contributed by atoms with van der Waals surface area (Å²) in [5.74, 6) is -0.718. The molecule has 0 aliphatic carbocycles. The Labute approximate surface area is 183 Å². The SMILES string of the molecule is CC(C)(C)OC(=O)NC(CC(O)CNC(=O)OCc1ccccc1)C(=O)OC(C)(C)C. The Balaban J connectivity index is 2.60. The summed E-state index contributed by atoms with van der Waals surface area (Å²) in [6.07, 6.45) is -2.85. The molecule has 31 heavy (non-hydrogen) atoms. The van der Waals surface area contributed by atoms with Crippen LogP contribution in [0.2, 0.25) is 0 Å². The second kappa shape index (κ2) is 11.5. The van der Waals surface area contributed by atoms with E-state index in [1.807, 2.05) is 30.3 Å². The van der Waals surface area contributed by atoms with Gasteiger partial charge in [-0.3, -0.25) is 0 Å². The summed E-state index contributed by atoms with van der Waals surface area (Å²) < 4.78 is 15.6. The summed E-state index contributed by atoms with van der Waals surface area (Å²) in [6, 6.07) is 7.98. The molecular weight excluding hydrogens is 404 g/mol. The monoisotopic (exact) mass is 438 g/mol. The highest BCUT2D eigenvalue weighted by atomic mass is 16.6. The van der Waals surface area contributed by atoms with Gasteiger partial charge in [-0.05, 0) is 47.1 Å². The van der Waals surface area contributed by atoms with Crippen molar-refractivity contribution in [2.45, 2.75) is 77.9 Å². The molecule has 1 rings (SSSR count). The molecule has 1 aromatic rings. The van der Waals surface area contributed by atoms with Crippen molar-refractivity contribution in [3.05, 3.63) is 35.9 Å². The molecule has 3 N–H and O–H groups in total. The first-order valence-corrected chi connectivity index (χ1v) is 10.1. The van der Waals surface area contributed by atoms with E-state index in [2.05, 4.69) is 10.6 Å². The molecule has 0 aliphatic rings. The topological polar surface area (TPSA) is 123 Å². The third-order valence-corrected chi connectivity index (χ3v) is 3.58. The molecular formula is C22H34N2O7. The minimum atomic E-state index is -1.16. The molecule has 0 saturated heterocycles. The maximum Gasteiger partial charge on any atom is 0.408 e. The highest BCUT2D eigenvalue weighted by Crippen LogP contribution is 2.13. The lowest BCUT2D eigenvalue weighted by atomic mass is 10.1. The number of carbonyl (C=O) groups is 3. The minimum Gasteiger partial charge on any atom is -0.458 e. The zero-order valence-corrected chi connectivity index (χ0v) is 19.1. The van der Waals surface area contributed by atoms with Gasteiger partial charge >= 0.3 is 18.2 Å². The van der Waals surface area contributed by atoms with Gasteiger partial charge in [0.2, 0.25) is 0 Å². The highest BCUT2D eigenvalue weighted by Gasteiger charge is 2.30.